The summed E-state index contributed by atoms with van der Waals surface area (Å²) in [5.74, 6) is 1.83. The second kappa shape index (κ2) is 4.98. The van der Waals surface area contributed by atoms with Crippen molar-refractivity contribution in [2.75, 3.05) is 14.2 Å². The number of hydrogen-bond acceptors (Lipinski definition) is 2. The summed E-state index contributed by atoms with van der Waals surface area (Å²) in [7, 11) is 1.93. The summed E-state index contributed by atoms with van der Waals surface area (Å²) in [6.45, 7) is 0. The van der Waals surface area contributed by atoms with E-state index in [0.29, 0.717) is 0 Å². The van der Waals surface area contributed by atoms with Crippen molar-refractivity contribution in [1.82, 2.24) is 0 Å². The molecule has 88 valence electrons. The maximum Gasteiger partial charge on any atom is 0.338 e. The molecule has 0 bridgehead atoms. The van der Waals surface area contributed by atoms with E-state index in [4.69, 9.17) is 8.85 Å². The zero-order valence-electron chi connectivity index (χ0n) is 10.1. The van der Waals surface area contributed by atoms with Gasteiger partial charge in [-0.2, -0.15) is 0 Å². The van der Waals surface area contributed by atoms with Gasteiger partial charge in [-0.15, -0.1) is 0 Å². The molecule has 0 aromatic heterocycles. The van der Waals surface area contributed by atoms with Gasteiger partial charge >= 0.3 is 8.56 Å². The van der Waals surface area contributed by atoms with E-state index < -0.39 is 8.56 Å². The highest BCUT2D eigenvalue weighted by atomic mass is 28.4. The predicted molar refractivity (Wildman–Crippen MR) is 64.1 cm³/mol. The largest absolute Gasteiger partial charge is 0.398 e. The third kappa shape index (κ3) is 3.05. The first-order valence-corrected chi connectivity index (χ1v) is 8.61. The molecule has 0 aromatic rings. The summed E-state index contributed by atoms with van der Waals surface area (Å²) in [4.78, 5) is 0. The Hall–Kier alpha value is 0.137. The minimum Gasteiger partial charge on any atom is -0.398 e. The van der Waals surface area contributed by atoms with Crippen molar-refractivity contribution in [3.05, 3.63) is 0 Å². The fourth-order valence-electron chi connectivity index (χ4n) is 2.92. The van der Waals surface area contributed by atoms with Crippen molar-refractivity contribution >= 4 is 8.56 Å². The van der Waals surface area contributed by atoms with Gasteiger partial charge in [0.2, 0.25) is 0 Å². The van der Waals surface area contributed by atoms with Gasteiger partial charge < -0.3 is 8.85 Å². The highest BCUT2D eigenvalue weighted by Crippen LogP contribution is 2.42. The molecule has 2 nitrogen and oxygen atoms in total. The maximum atomic E-state index is 5.82. The third-order valence-electron chi connectivity index (χ3n) is 4.12. The normalized spacial score (nSPS) is 23.6. The van der Waals surface area contributed by atoms with Crippen LogP contribution in [0.2, 0.25) is 12.1 Å². The van der Waals surface area contributed by atoms with E-state index in [2.05, 4.69) is 0 Å². The molecule has 0 unspecified atom stereocenters. The van der Waals surface area contributed by atoms with Crippen LogP contribution in [-0.2, 0) is 8.85 Å². The lowest BCUT2D eigenvalue weighted by atomic mass is 10.1. The van der Waals surface area contributed by atoms with Crippen LogP contribution in [0, 0.1) is 11.8 Å². The Labute approximate surface area is 94.6 Å². The minimum atomic E-state index is -1.81. The first-order valence-electron chi connectivity index (χ1n) is 6.38. The lowest BCUT2D eigenvalue weighted by Gasteiger charge is -2.30. The minimum absolute atomic E-state index is 0.898. The smallest absolute Gasteiger partial charge is 0.338 e. The van der Waals surface area contributed by atoms with Crippen molar-refractivity contribution in [2.45, 2.75) is 50.6 Å². The van der Waals surface area contributed by atoms with Crippen LogP contribution in [0.4, 0.5) is 0 Å². The molecule has 3 heteroatoms. The summed E-state index contributed by atoms with van der Waals surface area (Å²) in [6, 6.07) is 2.49. The van der Waals surface area contributed by atoms with Crippen molar-refractivity contribution < 1.29 is 8.85 Å². The topological polar surface area (TPSA) is 18.5 Å². The molecule has 0 saturated heterocycles. The van der Waals surface area contributed by atoms with Crippen LogP contribution in [0.1, 0.15) is 38.5 Å². The fourth-order valence-corrected chi connectivity index (χ4v) is 6.49. The molecule has 0 atom stereocenters. The Balaban J connectivity index is 1.89. The number of rotatable bonds is 6. The molecule has 0 spiro atoms. The average molecular weight is 228 g/mol. The Kier molecular flexibility index (Phi) is 3.86. The summed E-state index contributed by atoms with van der Waals surface area (Å²) >= 11 is 0. The van der Waals surface area contributed by atoms with Crippen LogP contribution in [0.5, 0.6) is 0 Å². The maximum absolute atomic E-state index is 5.82. The molecule has 15 heavy (non-hydrogen) atoms. The molecule has 2 rings (SSSR count). The van der Waals surface area contributed by atoms with E-state index in [1.807, 2.05) is 14.2 Å². The van der Waals surface area contributed by atoms with Gasteiger partial charge in [-0.1, -0.05) is 38.5 Å². The van der Waals surface area contributed by atoms with Gasteiger partial charge in [0.15, 0.2) is 0 Å². The Bertz CT molecular complexity index is 194. The van der Waals surface area contributed by atoms with E-state index in [-0.39, 0.29) is 0 Å². The SMILES string of the molecule is CO[Si](CC1CCCC1)(CC1CC1)OC. The van der Waals surface area contributed by atoms with E-state index >= 15 is 0 Å². The number of hydrogen-bond donors (Lipinski definition) is 0. The van der Waals surface area contributed by atoms with Gasteiger partial charge in [0.05, 0.1) is 0 Å². The van der Waals surface area contributed by atoms with Gasteiger partial charge in [-0.3, -0.25) is 0 Å². The summed E-state index contributed by atoms with van der Waals surface area (Å²) in [5, 5.41) is 0. The lowest BCUT2D eigenvalue weighted by Crippen LogP contribution is -2.42. The summed E-state index contributed by atoms with van der Waals surface area (Å²) in [5.41, 5.74) is 0. The van der Waals surface area contributed by atoms with Gasteiger partial charge in [0, 0.05) is 14.2 Å². The van der Waals surface area contributed by atoms with E-state index in [1.165, 1.54) is 50.6 Å². The van der Waals surface area contributed by atoms with Crippen LogP contribution in [0.3, 0.4) is 0 Å². The second-order valence-electron chi connectivity index (χ2n) is 5.32. The Morgan fingerprint density at radius 1 is 0.867 bits per heavy atom. The lowest BCUT2D eigenvalue weighted by molar-refractivity contribution is 0.231. The highest BCUT2D eigenvalue weighted by Gasteiger charge is 2.43. The zero-order chi connectivity index (χ0) is 10.7. The van der Waals surface area contributed by atoms with Crippen molar-refractivity contribution in [1.29, 1.82) is 0 Å². The molecular weight excluding hydrogens is 204 g/mol. The Morgan fingerprint density at radius 2 is 1.33 bits per heavy atom. The van der Waals surface area contributed by atoms with Gasteiger partial charge in [0.1, 0.15) is 0 Å². The molecule has 0 N–H and O–H groups in total. The van der Waals surface area contributed by atoms with E-state index in [0.717, 1.165) is 11.8 Å². The first kappa shape index (κ1) is 11.6. The molecule has 0 aromatic carbocycles. The van der Waals surface area contributed by atoms with E-state index in [1.54, 1.807) is 0 Å². The second-order valence-corrected chi connectivity index (χ2v) is 8.78. The molecule has 0 radical (unpaired) electrons. The molecule has 2 fully saturated rings. The van der Waals surface area contributed by atoms with Crippen LogP contribution in [0.15, 0.2) is 0 Å². The molecular formula is C12H24O2Si. The molecule has 0 amide bonds. The van der Waals surface area contributed by atoms with Crippen LogP contribution < -0.4 is 0 Å². The van der Waals surface area contributed by atoms with Crippen LogP contribution in [0.25, 0.3) is 0 Å². The average Bonchev–Trinajstić information content (AvgIpc) is 2.92. The van der Waals surface area contributed by atoms with Crippen molar-refractivity contribution in [2.24, 2.45) is 11.8 Å². The van der Waals surface area contributed by atoms with Crippen LogP contribution >= 0.6 is 0 Å². The molecule has 0 heterocycles. The molecule has 2 aliphatic rings. The first-order chi connectivity index (χ1) is 7.28. The van der Waals surface area contributed by atoms with E-state index in [9.17, 15) is 0 Å². The standard InChI is InChI=1S/C12H24O2Si/c1-13-15(14-2,10-12-7-8-12)9-11-5-3-4-6-11/h11-12H,3-10H2,1-2H3. The van der Waals surface area contributed by atoms with Gasteiger partial charge in [0.25, 0.3) is 0 Å². The van der Waals surface area contributed by atoms with Crippen molar-refractivity contribution in [3.8, 4) is 0 Å². The van der Waals surface area contributed by atoms with Crippen LogP contribution in [-0.4, -0.2) is 22.8 Å². The highest BCUT2D eigenvalue weighted by molar-refractivity contribution is 6.67. The third-order valence-corrected chi connectivity index (χ3v) is 8.00. The fraction of sp³-hybridized carbons (Fsp3) is 1.00. The van der Waals surface area contributed by atoms with Gasteiger partial charge in [-0.05, 0) is 23.9 Å². The summed E-state index contributed by atoms with van der Waals surface area (Å²) in [6.07, 6.45) is 8.48. The molecule has 2 aliphatic carbocycles. The Morgan fingerprint density at radius 3 is 1.73 bits per heavy atom. The predicted octanol–water partition coefficient (Wildman–Crippen LogP) is 3.32. The summed E-state index contributed by atoms with van der Waals surface area (Å²) < 4.78 is 11.6. The van der Waals surface area contributed by atoms with Crippen molar-refractivity contribution in [3.63, 3.8) is 0 Å². The molecule has 0 aliphatic heterocycles. The van der Waals surface area contributed by atoms with Gasteiger partial charge in [-0.25, -0.2) is 0 Å². The monoisotopic (exact) mass is 228 g/mol. The zero-order valence-corrected chi connectivity index (χ0v) is 11.1. The molecule has 2 saturated carbocycles. The quantitative estimate of drug-likeness (QED) is 0.649.